The van der Waals surface area contributed by atoms with E-state index in [0.29, 0.717) is 17.6 Å². The fourth-order valence-corrected chi connectivity index (χ4v) is 3.96. The number of ether oxygens (including phenoxy) is 1. The third kappa shape index (κ3) is 4.87. The maximum atomic E-state index is 11.8. The molecule has 1 unspecified atom stereocenters. The van der Waals surface area contributed by atoms with Crippen molar-refractivity contribution in [2.24, 2.45) is 0 Å². The van der Waals surface area contributed by atoms with Crippen molar-refractivity contribution in [2.45, 2.75) is 44.3 Å². The summed E-state index contributed by atoms with van der Waals surface area (Å²) in [6.07, 6.45) is -0.952. The van der Waals surface area contributed by atoms with Crippen LogP contribution in [-0.2, 0) is 13.8 Å². The van der Waals surface area contributed by atoms with E-state index in [-0.39, 0.29) is 48.1 Å². The molecule has 0 spiro atoms. The summed E-state index contributed by atoms with van der Waals surface area (Å²) in [5.74, 6) is 0.171. The van der Waals surface area contributed by atoms with Gasteiger partial charge in [0.15, 0.2) is 17.7 Å². The number of aliphatic hydroxyl groups is 2. The summed E-state index contributed by atoms with van der Waals surface area (Å²) in [5.41, 5.74) is 6.39. The van der Waals surface area contributed by atoms with E-state index >= 15 is 0 Å². The normalized spacial score (nSPS) is 27.4. The van der Waals surface area contributed by atoms with Gasteiger partial charge in [-0.1, -0.05) is 13.3 Å². The minimum atomic E-state index is -4.01. The molecule has 11 nitrogen and oxygen atoms in total. The fourth-order valence-electron chi connectivity index (χ4n) is 2.76. The van der Waals surface area contributed by atoms with Gasteiger partial charge in [0.2, 0.25) is 0 Å². The average Bonchev–Trinajstić information content (AvgIpc) is 3.15. The van der Waals surface area contributed by atoms with Crippen LogP contribution in [0, 0.1) is 0 Å². The Morgan fingerprint density at radius 2 is 2.11 bits per heavy atom. The van der Waals surface area contributed by atoms with Gasteiger partial charge in [0.1, 0.15) is 37.8 Å². The molecule has 1 aliphatic heterocycles. The molecule has 0 radical (unpaired) electrons. The molecule has 0 aliphatic carbocycles. The number of nitrogens with two attached hydrogens (primary N) is 1. The van der Waals surface area contributed by atoms with Gasteiger partial charge in [0.05, 0.1) is 12.9 Å². The average molecular weight is 409 g/mol. The maximum Gasteiger partial charge on any atom is 1.00 e. The summed E-state index contributed by atoms with van der Waals surface area (Å²) in [7, 11) is -4.01. The van der Waals surface area contributed by atoms with Crippen LogP contribution < -0.4 is 40.2 Å². The predicted molar refractivity (Wildman–Crippen MR) is 89.0 cm³/mol. The van der Waals surface area contributed by atoms with Crippen molar-refractivity contribution >= 4 is 24.6 Å². The van der Waals surface area contributed by atoms with Crippen LogP contribution in [0.4, 0.5) is 5.82 Å². The first-order valence-electron chi connectivity index (χ1n) is 8.23. The summed E-state index contributed by atoms with van der Waals surface area (Å²) in [4.78, 5) is 23.8. The molecule has 1 saturated heterocycles. The van der Waals surface area contributed by atoms with Crippen LogP contribution in [0.5, 0.6) is 0 Å². The van der Waals surface area contributed by atoms with Crippen LogP contribution in [0.3, 0.4) is 0 Å². The second kappa shape index (κ2) is 9.25. The number of aliphatic hydroxyl groups excluding tert-OH is 2. The van der Waals surface area contributed by atoms with E-state index in [1.165, 1.54) is 17.2 Å². The standard InChI is InChI=1S/C14H22N5O6P.Na/c1-2-3-4-26(22,23)24-5-8-10(20)11(21)14(25-8)19-7-18-9-12(15)16-6-17-13(9)19;/h6-8,10-11,14,20-21H,2-5H2,1H3,(H,22,23)(H2,15,16,17);/q;+1/p-1/t8-,10-,11-,14-;/m1./s1. The molecule has 144 valence electrons. The molecule has 0 aromatic carbocycles. The van der Waals surface area contributed by atoms with Crippen LogP contribution in [0.15, 0.2) is 12.7 Å². The molecule has 1 fully saturated rings. The summed E-state index contributed by atoms with van der Waals surface area (Å²) in [5, 5.41) is 20.5. The molecule has 2 aromatic rings. The number of rotatable bonds is 7. The third-order valence-electron chi connectivity index (χ3n) is 4.22. The number of nitrogen functional groups attached to an aromatic ring is 1. The van der Waals surface area contributed by atoms with E-state index in [1.807, 2.05) is 6.92 Å². The first-order chi connectivity index (χ1) is 12.3. The number of unbranched alkanes of at least 4 members (excludes halogenated alkanes) is 1. The third-order valence-corrected chi connectivity index (χ3v) is 5.63. The summed E-state index contributed by atoms with van der Waals surface area (Å²) < 4.78 is 23.8. The van der Waals surface area contributed by atoms with E-state index in [9.17, 15) is 19.7 Å². The zero-order valence-electron chi connectivity index (χ0n) is 15.1. The fraction of sp³-hybridized carbons (Fsp3) is 0.643. The van der Waals surface area contributed by atoms with Crippen molar-refractivity contribution in [2.75, 3.05) is 18.5 Å². The quantitative estimate of drug-likeness (QED) is 0.307. The molecule has 3 heterocycles. The number of hydrogen-bond donors (Lipinski definition) is 3. The Morgan fingerprint density at radius 1 is 1.37 bits per heavy atom. The van der Waals surface area contributed by atoms with Gasteiger partial charge >= 0.3 is 29.6 Å². The zero-order chi connectivity index (χ0) is 18.9. The van der Waals surface area contributed by atoms with Crippen molar-refractivity contribution in [3.8, 4) is 0 Å². The SMILES string of the molecule is CCCCP(=O)([O-])OC[C@H]1O[C@@H](n2cnc3c(N)ncnc32)[C@H](O)[C@@H]1O.[Na+]. The largest absolute Gasteiger partial charge is 1.00 e. The summed E-state index contributed by atoms with van der Waals surface area (Å²) in [6, 6.07) is 0. The van der Waals surface area contributed by atoms with Crippen molar-refractivity contribution in [1.29, 1.82) is 0 Å². The van der Waals surface area contributed by atoms with Crippen molar-refractivity contribution in [3.63, 3.8) is 0 Å². The van der Waals surface area contributed by atoms with Crippen LogP contribution in [0.25, 0.3) is 11.2 Å². The monoisotopic (exact) mass is 409 g/mol. The van der Waals surface area contributed by atoms with Gasteiger partial charge in [-0.15, -0.1) is 0 Å². The minimum absolute atomic E-state index is 0. The zero-order valence-corrected chi connectivity index (χ0v) is 18.0. The summed E-state index contributed by atoms with van der Waals surface area (Å²) in [6.45, 7) is 1.49. The maximum absolute atomic E-state index is 11.8. The first-order valence-corrected chi connectivity index (χ1v) is 9.96. The molecule has 2 aromatic heterocycles. The van der Waals surface area contributed by atoms with E-state index in [4.69, 9.17) is 15.0 Å². The van der Waals surface area contributed by atoms with Crippen LogP contribution in [-0.4, -0.2) is 60.8 Å². The minimum Gasteiger partial charge on any atom is -0.778 e. The Kier molecular flexibility index (Phi) is 7.77. The Balaban J connectivity index is 0.00000261. The molecule has 4 N–H and O–H groups in total. The Hall–Kier alpha value is -0.620. The van der Waals surface area contributed by atoms with Gasteiger partial charge in [-0.2, -0.15) is 0 Å². The molecule has 13 heteroatoms. The molecule has 3 rings (SSSR count). The number of nitrogens with zero attached hydrogens (tertiary/aromatic N) is 4. The van der Waals surface area contributed by atoms with Crippen molar-refractivity contribution < 1.29 is 58.5 Å². The van der Waals surface area contributed by atoms with Gasteiger partial charge in [0.25, 0.3) is 0 Å². The molecule has 0 bridgehead atoms. The molecule has 5 atom stereocenters. The number of fused-ring (bicyclic) bond motifs is 1. The van der Waals surface area contributed by atoms with Crippen LogP contribution in [0.1, 0.15) is 26.0 Å². The van der Waals surface area contributed by atoms with Gasteiger partial charge in [-0.05, 0) is 6.42 Å². The number of imidazole rings is 1. The topological polar surface area (TPSA) is 169 Å². The Bertz CT molecular complexity index is 822. The second-order valence-electron chi connectivity index (χ2n) is 6.11. The van der Waals surface area contributed by atoms with Gasteiger partial charge in [-0.3, -0.25) is 4.57 Å². The molecule has 0 amide bonds. The van der Waals surface area contributed by atoms with E-state index < -0.39 is 32.1 Å². The molecular formula is C14H21N5NaO6P. The predicted octanol–water partition coefficient (Wildman–Crippen LogP) is -3.60. The Labute approximate surface area is 177 Å². The molecule has 0 saturated carbocycles. The Morgan fingerprint density at radius 3 is 2.81 bits per heavy atom. The van der Waals surface area contributed by atoms with E-state index in [2.05, 4.69) is 15.0 Å². The number of aromatic nitrogens is 4. The van der Waals surface area contributed by atoms with Gasteiger partial charge < -0.3 is 34.7 Å². The molecular weight excluding hydrogens is 388 g/mol. The number of hydrogen-bond acceptors (Lipinski definition) is 10. The second-order valence-corrected chi connectivity index (χ2v) is 8.04. The van der Waals surface area contributed by atoms with E-state index in [0.717, 1.165) is 6.42 Å². The smallest absolute Gasteiger partial charge is 0.778 e. The van der Waals surface area contributed by atoms with Gasteiger partial charge in [0, 0.05) is 6.16 Å². The molecule has 27 heavy (non-hydrogen) atoms. The molecule has 1 aliphatic rings. The first kappa shape index (κ1) is 22.7. The van der Waals surface area contributed by atoms with Crippen LogP contribution >= 0.6 is 7.60 Å². The van der Waals surface area contributed by atoms with Crippen molar-refractivity contribution in [3.05, 3.63) is 12.7 Å². The van der Waals surface area contributed by atoms with Crippen molar-refractivity contribution in [1.82, 2.24) is 19.5 Å². The van der Waals surface area contributed by atoms with Crippen LogP contribution in [0.2, 0.25) is 0 Å². The summed E-state index contributed by atoms with van der Waals surface area (Å²) >= 11 is 0. The number of anilines is 1. The van der Waals surface area contributed by atoms with Gasteiger partial charge in [-0.25, -0.2) is 15.0 Å². The van der Waals surface area contributed by atoms with E-state index in [1.54, 1.807) is 0 Å².